The Morgan fingerprint density at radius 3 is 2.52 bits per heavy atom. The molecule has 2 heterocycles. The van der Waals surface area contributed by atoms with Gasteiger partial charge in [0, 0.05) is 0 Å². The van der Waals surface area contributed by atoms with Crippen molar-refractivity contribution in [3.8, 4) is 17.2 Å². The number of aromatic nitrogens is 4. The van der Waals surface area contributed by atoms with Crippen molar-refractivity contribution >= 4 is 44.6 Å². The first-order valence-corrected chi connectivity index (χ1v) is 8.28. The molecular weight excluding hydrogens is 414 g/mol. The highest BCUT2D eigenvalue weighted by Gasteiger charge is 2.20. The number of fused-ring (bicyclic) bond motifs is 1. The van der Waals surface area contributed by atoms with Crippen molar-refractivity contribution in [2.45, 2.75) is 6.54 Å². The molecule has 0 unspecified atom stereocenters. The van der Waals surface area contributed by atoms with Gasteiger partial charge in [-0.3, -0.25) is 0 Å². The van der Waals surface area contributed by atoms with E-state index in [1.165, 1.54) is 14.2 Å². The van der Waals surface area contributed by atoms with Crippen molar-refractivity contribution in [2.24, 2.45) is 0 Å². The molecule has 1 aromatic carbocycles. The van der Waals surface area contributed by atoms with E-state index in [0.29, 0.717) is 44.6 Å². The molecule has 0 aliphatic heterocycles. The van der Waals surface area contributed by atoms with Crippen LogP contribution in [0.2, 0.25) is 5.02 Å². The molecule has 0 aliphatic carbocycles. The van der Waals surface area contributed by atoms with Gasteiger partial charge >= 0.3 is 0 Å². The lowest BCUT2D eigenvalue weighted by atomic mass is 10.1. The Labute approximate surface area is 157 Å². The topological polar surface area (TPSA) is 97.3 Å². The van der Waals surface area contributed by atoms with Crippen LogP contribution in [0, 0.1) is 0 Å². The third kappa shape index (κ3) is 3.05. The van der Waals surface area contributed by atoms with Crippen LogP contribution in [0.1, 0.15) is 5.56 Å². The number of halogens is 2. The Morgan fingerprint density at radius 2 is 1.88 bits per heavy atom. The van der Waals surface area contributed by atoms with Gasteiger partial charge in [-0.25, -0.2) is 9.97 Å². The van der Waals surface area contributed by atoms with Crippen LogP contribution in [0.5, 0.6) is 17.2 Å². The number of nitrogens with two attached hydrogens (primary N) is 1. The van der Waals surface area contributed by atoms with Crippen LogP contribution >= 0.6 is 27.5 Å². The average molecular weight is 429 g/mol. The van der Waals surface area contributed by atoms with Crippen LogP contribution < -0.4 is 19.9 Å². The molecule has 3 rings (SSSR count). The Bertz CT molecular complexity index is 947. The molecule has 0 aliphatic rings. The maximum absolute atomic E-state index is 6.49. The summed E-state index contributed by atoms with van der Waals surface area (Å²) in [5.41, 5.74) is 7.68. The predicted molar refractivity (Wildman–Crippen MR) is 97.6 cm³/mol. The predicted octanol–water partition coefficient (Wildman–Crippen LogP) is 2.90. The number of hydrogen-bond donors (Lipinski definition) is 1. The SMILES string of the molecule is COc1cc(Cn2cnc3c(Br)nc(N)nc32)c(Cl)c(OC)c1OC. The molecule has 3 aromatic rings. The highest BCUT2D eigenvalue weighted by atomic mass is 79.9. The molecule has 0 bridgehead atoms. The van der Waals surface area contributed by atoms with E-state index in [1.807, 2.05) is 4.57 Å². The molecule has 2 aromatic heterocycles. The Hall–Kier alpha value is -2.26. The minimum absolute atomic E-state index is 0.150. The molecule has 8 nitrogen and oxygen atoms in total. The van der Waals surface area contributed by atoms with E-state index in [0.717, 1.165) is 5.56 Å². The van der Waals surface area contributed by atoms with Gasteiger partial charge in [-0.05, 0) is 27.6 Å². The van der Waals surface area contributed by atoms with E-state index in [9.17, 15) is 0 Å². The zero-order valence-electron chi connectivity index (χ0n) is 13.7. The Morgan fingerprint density at radius 1 is 1.16 bits per heavy atom. The standard InChI is InChI=1S/C15H15BrClN5O3/c1-23-8-4-7(9(17)12(25-3)11(8)24-2)5-22-6-19-10-13(16)20-15(18)21-14(10)22/h4,6H,5H2,1-3H3,(H2,18,20,21). The summed E-state index contributed by atoms with van der Waals surface area (Å²) in [6.07, 6.45) is 1.64. The molecule has 0 atom stereocenters. The number of nitrogen functional groups attached to an aromatic ring is 1. The Kier molecular flexibility index (Phi) is 4.87. The zero-order valence-corrected chi connectivity index (χ0v) is 16.1. The number of anilines is 1. The quantitative estimate of drug-likeness (QED) is 0.624. The van der Waals surface area contributed by atoms with Crippen LogP contribution in [-0.4, -0.2) is 40.8 Å². The summed E-state index contributed by atoms with van der Waals surface area (Å²) >= 11 is 9.83. The summed E-state index contributed by atoms with van der Waals surface area (Å²) in [6.45, 7) is 0.384. The maximum Gasteiger partial charge on any atom is 0.223 e. The van der Waals surface area contributed by atoms with E-state index < -0.39 is 0 Å². The second kappa shape index (κ2) is 6.93. The number of imidazole rings is 1. The highest BCUT2D eigenvalue weighted by Crippen LogP contribution is 2.44. The van der Waals surface area contributed by atoms with Crippen LogP contribution in [0.25, 0.3) is 11.2 Å². The lowest BCUT2D eigenvalue weighted by Gasteiger charge is -2.16. The minimum Gasteiger partial charge on any atom is -0.493 e. The minimum atomic E-state index is 0.150. The number of rotatable bonds is 5. The molecule has 0 spiro atoms. The van der Waals surface area contributed by atoms with Crippen molar-refractivity contribution in [1.82, 2.24) is 19.5 Å². The van der Waals surface area contributed by atoms with E-state index in [-0.39, 0.29) is 5.95 Å². The van der Waals surface area contributed by atoms with Crippen LogP contribution in [0.15, 0.2) is 17.0 Å². The largest absolute Gasteiger partial charge is 0.493 e. The molecule has 0 radical (unpaired) electrons. The first kappa shape index (κ1) is 17.6. The van der Waals surface area contributed by atoms with Crippen LogP contribution in [-0.2, 0) is 6.54 Å². The summed E-state index contributed by atoms with van der Waals surface area (Å²) in [7, 11) is 4.59. The first-order valence-electron chi connectivity index (χ1n) is 7.11. The summed E-state index contributed by atoms with van der Waals surface area (Å²) in [5, 5.41) is 0.420. The summed E-state index contributed by atoms with van der Waals surface area (Å²) in [4.78, 5) is 12.6. The van der Waals surface area contributed by atoms with Gasteiger partial charge in [0.1, 0.15) is 10.1 Å². The summed E-state index contributed by atoms with van der Waals surface area (Å²) in [6, 6.07) is 1.79. The maximum atomic E-state index is 6.49. The lowest BCUT2D eigenvalue weighted by Crippen LogP contribution is -2.05. The molecule has 0 amide bonds. The van der Waals surface area contributed by atoms with Gasteiger partial charge < -0.3 is 24.5 Å². The third-order valence-corrected chi connectivity index (χ3v) is 4.59. The molecule has 25 heavy (non-hydrogen) atoms. The average Bonchev–Trinajstić information content (AvgIpc) is 2.99. The number of methoxy groups -OCH3 is 3. The van der Waals surface area contributed by atoms with Crippen molar-refractivity contribution in [3.63, 3.8) is 0 Å². The molecule has 2 N–H and O–H groups in total. The fourth-order valence-electron chi connectivity index (χ4n) is 2.51. The van der Waals surface area contributed by atoms with Crippen molar-refractivity contribution in [3.05, 3.63) is 27.6 Å². The van der Waals surface area contributed by atoms with E-state index in [2.05, 4.69) is 30.9 Å². The number of hydrogen-bond acceptors (Lipinski definition) is 7. The van der Waals surface area contributed by atoms with Crippen molar-refractivity contribution < 1.29 is 14.2 Å². The lowest BCUT2D eigenvalue weighted by molar-refractivity contribution is 0.324. The van der Waals surface area contributed by atoms with Gasteiger partial charge in [-0.2, -0.15) is 4.98 Å². The van der Waals surface area contributed by atoms with Gasteiger partial charge in [0.2, 0.25) is 11.7 Å². The number of nitrogens with zero attached hydrogens (tertiary/aromatic N) is 4. The van der Waals surface area contributed by atoms with Crippen molar-refractivity contribution in [2.75, 3.05) is 27.1 Å². The van der Waals surface area contributed by atoms with E-state index in [1.54, 1.807) is 19.5 Å². The van der Waals surface area contributed by atoms with E-state index in [4.69, 9.17) is 31.5 Å². The molecule has 0 saturated heterocycles. The zero-order chi connectivity index (χ0) is 18.1. The number of benzene rings is 1. The fraction of sp³-hybridized carbons (Fsp3) is 0.267. The third-order valence-electron chi connectivity index (χ3n) is 3.62. The van der Waals surface area contributed by atoms with Gasteiger partial charge in [0.05, 0.1) is 39.2 Å². The highest BCUT2D eigenvalue weighted by molar-refractivity contribution is 9.10. The van der Waals surface area contributed by atoms with Gasteiger partial charge in [-0.1, -0.05) is 11.6 Å². The molecule has 0 fully saturated rings. The second-order valence-electron chi connectivity index (χ2n) is 5.04. The monoisotopic (exact) mass is 427 g/mol. The summed E-state index contributed by atoms with van der Waals surface area (Å²) < 4.78 is 18.4. The fourth-order valence-corrected chi connectivity index (χ4v) is 3.25. The molecule has 0 saturated carbocycles. The number of ether oxygens (including phenoxy) is 3. The van der Waals surface area contributed by atoms with Gasteiger partial charge in [0.15, 0.2) is 17.1 Å². The first-order chi connectivity index (χ1) is 12.0. The summed E-state index contributed by atoms with van der Waals surface area (Å²) in [5.74, 6) is 1.50. The second-order valence-corrected chi connectivity index (χ2v) is 6.16. The van der Waals surface area contributed by atoms with E-state index >= 15 is 0 Å². The smallest absolute Gasteiger partial charge is 0.223 e. The van der Waals surface area contributed by atoms with Gasteiger partial charge in [0.25, 0.3) is 0 Å². The molecule has 132 valence electrons. The molecular formula is C15H15BrClN5O3. The Balaban J connectivity index is 2.12. The van der Waals surface area contributed by atoms with Crippen LogP contribution in [0.3, 0.4) is 0 Å². The van der Waals surface area contributed by atoms with Crippen LogP contribution in [0.4, 0.5) is 5.95 Å². The normalized spacial score (nSPS) is 10.9. The van der Waals surface area contributed by atoms with Gasteiger partial charge in [-0.15, -0.1) is 0 Å². The molecule has 10 heteroatoms. The van der Waals surface area contributed by atoms with Crippen molar-refractivity contribution in [1.29, 1.82) is 0 Å².